The summed E-state index contributed by atoms with van der Waals surface area (Å²) in [5.41, 5.74) is 7.33. The summed E-state index contributed by atoms with van der Waals surface area (Å²) in [6, 6.07) is 5.83. The zero-order valence-electron chi connectivity index (χ0n) is 9.61. The zero-order chi connectivity index (χ0) is 11.5. The first-order valence-electron chi connectivity index (χ1n) is 5.71. The molecule has 1 aliphatic heterocycles. The summed E-state index contributed by atoms with van der Waals surface area (Å²) in [5, 5.41) is 12.7. The number of aromatic hydroxyl groups is 1. The highest BCUT2D eigenvalue weighted by Gasteiger charge is 2.18. The van der Waals surface area contributed by atoms with Gasteiger partial charge in [0.15, 0.2) is 0 Å². The van der Waals surface area contributed by atoms with Crippen molar-refractivity contribution in [3.63, 3.8) is 0 Å². The predicted octanol–water partition coefficient (Wildman–Crippen LogP) is 0.941. The van der Waals surface area contributed by atoms with E-state index >= 15 is 0 Å². The maximum Gasteiger partial charge on any atom is 0.138 e. The fourth-order valence-corrected chi connectivity index (χ4v) is 2.11. The molecule has 16 heavy (non-hydrogen) atoms. The monoisotopic (exact) mass is 221 g/mol. The molecule has 4 N–H and O–H groups in total. The minimum atomic E-state index is 0.163. The van der Waals surface area contributed by atoms with Crippen molar-refractivity contribution in [1.82, 2.24) is 10.2 Å². The van der Waals surface area contributed by atoms with Crippen LogP contribution in [-0.2, 0) is 0 Å². The van der Waals surface area contributed by atoms with Crippen LogP contribution in [-0.4, -0.2) is 36.2 Å². The van der Waals surface area contributed by atoms with E-state index in [-0.39, 0.29) is 5.75 Å². The Kier molecular flexibility index (Phi) is 3.31. The Morgan fingerprint density at radius 1 is 1.38 bits per heavy atom. The summed E-state index contributed by atoms with van der Waals surface area (Å²) >= 11 is 0. The molecule has 0 radical (unpaired) electrons. The Bertz CT molecular complexity index is 361. The third-order valence-corrected chi connectivity index (χ3v) is 3.23. The van der Waals surface area contributed by atoms with Crippen LogP contribution in [0, 0.1) is 0 Å². The number of rotatable bonds is 2. The van der Waals surface area contributed by atoms with Crippen LogP contribution in [0.25, 0.3) is 0 Å². The van der Waals surface area contributed by atoms with Crippen molar-refractivity contribution < 1.29 is 5.11 Å². The van der Waals surface area contributed by atoms with Crippen LogP contribution in [0.4, 0.5) is 5.69 Å². The van der Waals surface area contributed by atoms with Crippen molar-refractivity contribution in [2.24, 2.45) is 0 Å². The number of hydrogen-bond acceptors (Lipinski definition) is 4. The van der Waals surface area contributed by atoms with Crippen molar-refractivity contribution in [3.8, 4) is 5.75 Å². The van der Waals surface area contributed by atoms with Crippen LogP contribution >= 0.6 is 0 Å². The van der Waals surface area contributed by atoms with E-state index in [1.807, 2.05) is 12.1 Å². The largest absolute Gasteiger partial charge is 0.506 e. The molecule has 1 aromatic carbocycles. The van der Waals surface area contributed by atoms with Gasteiger partial charge in [0.25, 0.3) is 0 Å². The minimum absolute atomic E-state index is 0.163. The molecule has 1 unspecified atom stereocenters. The SMILES string of the molecule is CC(c1ccc(O)c(N)c1)N1CCNCC1. The van der Waals surface area contributed by atoms with Gasteiger partial charge in [-0.2, -0.15) is 0 Å². The number of nitrogens with one attached hydrogen (secondary N) is 1. The van der Waals surface area contributed by atoms with Gasteiger partial charge in [-0.3, -0.25) is 4.90 Å². The normalized spacial score (nSPS) is 19.6. The first kappa shape index (κ1) is 11.2. The molecule has 2 rings (SSSR count). The summed E-state index contributed by atoms with van der Waals surface area (Å²) in [6.07, 6.45) is 0. The Hall–Kier alpha value is -1.26. The molecule has 1 fully saturated rings. The number of anilines is 1. The summed E-state index contributed by atoms with van der Waals surface area (Å²) in [7, 11) is 0. The second-order valence-corrected chi connectivity index (χ2v) is 4.28. The van der Waals surface area contributed by atoms with Crippen LogP contribution < -0.4 is 11.1 Å². The van der Waals surface area contributed by atoms with E-state index in [4.69, 9.17) is 5.73 Å². The van der Waals surface area contributed by atoms with Gasteiger partial charge in [0.2, 0.25) is 0 Å². The summed E-state index contributed by atoms with van der Waals surface area (Å²) in [6.45, 7) is 6.37. The molecule has 1 aliphatic rings. The van der Waals surface area contributed by atoms with E-state index in [1.54, 1.807) is 6.07 Å². The number of nitrogens with two attached hydrogens (primary N) is 1. The van der Waals surface area contributed by atoms with Gasteiger partial charge in [0.05, 0.1) is 5.69 Å². The van der Waals surface area contributed by atoms with Crippen molar-refractivity contribution in [2.45, 2.75) is 13.0 Å². The molecular formula is C12H19N3O. The predicted molar refractivity (Wildman–Crippen MR) is 65.4 cm³/mol. The number of nitrogens with zero attached hydrogens (tertiary/aromatic N) is 1. The Labute approximate surface area is 96.1 Å². The number of nitrogen functional groups attached to an aromatic ring is 1. The molecule has 4 heteroatoms. The highest BCUT2D eigenvalue weighted by atomic mass is 16.3. The van der Waals surface area contributed by atoms with Crippen LogP contribution in [0.5, 0.6) is 5.75 Å². The van der Waals surface area contributed by atoms with Gasteiger partial charge in [0, 0.05) is 32.2 Å². The molecule has 1 aromatic rings. The summed E-state index contributed by atoms with van der Waals surface area (Å²) in [5.74, 6) is 0.163. The lowest BCUT2D eigenvalue weighted by Gasteiger charge is -2.33. The number of piperazine rings is 1. The first-order valence-corrected chi connectivity index (χ1v) is 5.71. The van der Waals surface area contributed by atoms with Gasteiger partial charge in [-0.15, -0.1) is 0 Å². The first-order chi connectivity index (χ1) is 7.68. The summed E-state index contributed by atoms with van der Waals surface area (Å²) in [4.78, 5) is 2.42. The average Bonchev–Trinajstić information content (AvgIpc) is 2.33. The fourth-order valence-electron chi connectivity index (χ4n) is 2.11. The van der Waals surface area contributed by atoms with E-state index in [2.05, 4.69) is 17.1 Å². The Morgan fingerprint density at radius 2 is 2.06 bits per heavy atom. The second kappa shape index (κ2) is 4.72. The van der Waals surface area contributed by atoms with E-state index in [9.17, 15) is 5.11 Å². The van der Waals surface area contributed by atoms with Gasteiger partial charge >= 0.3 is 0 Å². The molecule has 1 saturated heterocycles. The van der Waals surface area contributed by atoms with E-state index in [1.165, 1.54) is 0 Å². The third-order valence-electron chi connectivity index (χ3n) is 3.23. The number of benzene rings is 1. The quantitative estimate of drug-likeness (QED) is 0.514. The minimum Gasteiger partial charge on any atom is -0.506 e. The highest BCUT2D eigenvalue weighted by Crippen LogP contribution is 2.27. The fraction of sp³-hybridized carbons (Fsp3) is 0.500. The van der Waals surface area contributed by atoms with E-state index < -0.39 is 0 Å². The third kappa shape index (κ3) is 2.28. The molecule has 1 atom stereocenters. The lowest BCUT2D eigenvalue weighted by molar-refractivity contribution is 0.185. The van der Waals surface area contributed by atoms with Gasteiger partial charge in [-0.1, -0.05) is 6.07 Å². The second-order valence-electron chi connectivity index (χ2n) is 4.28. The standard InChI is InChI=1S/C12H19N3O/c1-9(15-6-4-14-5-7-15)10-2-3-12(16)11(13)8-10/h2-3,8-9,14,16H,4-7,13H2,1H3. The average molecular weight is 221 g/mol. The van der Waals surface area contributed by atoms with Gasteiger partial charge in [-0.05, 0) is 24.6 Å². The molecule has 0 aromatic heterocycles. The smallest absolute Gasteiger partial charge is 0.138 e. The van der Waals surface area contributed by atoms with Crippen LogP contribution in [0.15, 0.2) is 18.2 Å². The molecule has 0 spiro atoms. The number of phenolic OH excluding ortho intramolecular Hbond substituents is 1. The van der Waals surface area contributed by atoms with Crippen molar-refractivity contribution in [2.75, 3.05) is 31.9 Å². The van der Waals surface area contributed by atoms with E-state index in [0.29, 0.717) is 11.7 Å². The van der Waals surface area contributed by atoms with Crippen molar-refractivity contribution >= 4 is 5.69 Å². The van der Waals surface area contributed by atoms with Crippen molar-refractivity contribution in [3.05, 3.63) is 23.8 Å². The molecule has 0 saturated carbocycles. The van der Waals surface area contributed by atoms with Crippen LogP contribution in [0.2, 0.25) is 0 Å². The molecular weight excluding hydrogens is 202 g/mol. The Morgan fingerprint density at radius 3 is 2.69 bits per heavy atom. The van der Waals surface area contributed by atoms with Crippen LogP contribution in [0.3, 0.4) is 0 Å². The molecule has 0 aliphatic carbocycles. The highest BCUT2D eigenvalue weighted by molar-refractivity contribution is 5.53. The summed E-state index contributed by atoms with van der Waals surface area (Å²) < 4.78 is 0. The lowest BCUT2D eigenvalue weighted by atomic mass is 10.1. The van der Waals surface area contributed by atoms with Crippen LogP contribution in [0.1, 0.15) is 18.5 Å². The molecule has 1 heterocycles. The van der Waals surface area contributed by atoms with Gasteiger partial charge in [-0.25, -0.2) is 0 Å². The topological polar surface area (TPSA) is 61.5 Å². The Balaban J connectivity index is 2.12. The maximum atomic E-state index is 9.39. The lowest BCUT2D eigenvalue weighted by Crippen LogP contribution is -2.44. The zero-order valence-corrected chi connectivity index (χ0v) is 9.61. The molecule has 4 nitrogen and oxygen atoms in total. The number of phenols is 1. The van der Waals surface area contributed by atoms with Gasteiger partial charge in [0.1, 0.15) is 5.75 Å². The molecule has 88 valence electrons. The van der Waals surface area contributed by atoms with Gasteiger partial charge < -0.3 is 16.2 Å². The molecule has 0 bridgehead atoms. The van der Waals surface area contributed by atoms with E-state index in [0.717, 1.165) is 31.7 Å². The van der Waals surface area contributed by atoms with Crippen molar-refractivity contribution in [1.29, 1.82) is 0 Å². The molecule has 0 amide bonds. The number of hydrogen-bond donors (Lipinski definition) is 3. The maximum absolute atomic E-state index is 9.39.